The second-order valence-corrected chi connectivity index (χ2v) is 5.61. The van der Waals surface area contributed by atoms with Crippen LogP contribution in [0.4, 0.5) is 17.3 Å². The molecule has 0 atom stereocenters. The van der Waals surface area contributed by atoms with Gasteiger partial charge in [-0.15, -0.1) is 10.2 Å². The first-order valence-electron chi connectivity index (χ1n) is 7.83. The average molecular weight is 328 g/mol. The molecule has 0 spiro atoms. The van der Waals surface area contributed by atoms with Crippen molar-refractivity contribution in [3.05, 3.63) is 30.3 Å². The fraction of sp³-hybridized carbons (Fsp3) is 0.353. The summed E-state index contributed by atoms with van der Waals surface area (Å²) < 4.78 is 10.5. The van der Waals surface area contributed by atoms with E-state index in [-0.39, 0.29) is 11.8 Å². The first-order chi connectivity index (χ1) is 11.7. The first-order valence-corrected chi connectivity index (χ1v) is 7.83. The predicted octanol–water partition coefficient (Wildman–Crippen LogP) is 2.98. The molecule has 1 aliphatic carbocycles. The maximum absolute atomic E-state index is 11.9. The van der Waals surface area contributed by atoms with Gasteiger partial charge in [0.15, 0.2) is 11.6 Å². The lowest BCUT2D eigenvalue weighted by atomic mass is 9.85. The summed E-state index contributed by atoms with van der Waals surface area (Å²) in [4.78, 5) is 11.9. The van der Waals surface area contributed by atoms with Crippen LogP contribution >= 0.6 is 0 Å². The fourth-order valence-corrected chi connectivity index (χ4v) is 2.41. The summed E-state index contributed by atoms with van der Waals surface area (Å²) in [6.45, 7) is 0. The SMILES string of the molecule is COc1ccc(OC)c(Nc2ccc(NC(=O)C3CCC3)nn2)c1. The standard InChI is InChI=1S/C17H20N4O3/c1-23-12-6-7-14(24-2)13(10-12)18-15-8-9-16(21-20-15)19-17(22)11-4-3-5-11/h6-11H,3-5H2,1-2H3,(H,18,20)(H,19,21,22). The van der Waals surface area contributed by atoms with Crippen molar-refractivity contribution < 1.29 is 14.3 Å². The van der Waals surface area contributed by atoms with Gasteiger partial charge < -0.3 is 20.1 Å². The van der Waals surface area contributed by atoms with Crippen LogP contribution < -0.4 is 20.1 Å². The Kier molecular flexibility index (Phi) is 4.79. The zero-order valence-corrected chi connectivity index (χ0v) is 13.7. The molecule has 126 valence electrons. The summed E-state index contributed by atoms with van der Waals surface area (Å²) in [5.41, 5.74) is 0.720. The molecule has 7 heteroatoms. The number of nitrogens with one attached hydrogen (secondary N) is 2. The summed E-state index contributed by atoms with van der Waals surface area (Å²) in [7, 11) is 3.20. The van der Waals surface area contributed by atoms with Crippen molar-refractivity contribution in [3.63, 3.8) is 0 Å². The second kappa shape index (κ2) is 7.16. The van der Waals surface area contributed by atoms with E-state index in [1.165, 1.54) is 0 Å². The Hall–Kier alpha value is -2.83. The molecule has 1 aliphatic rings. The molecule has 0 aliphatic heterocycles. The molecule has 0 saturated heterocycles. The molecular formula is C17H20N4O3. The van der Waals surface area contributed by atoms with Crippen LogP contribution in [-0.4, -0.2) is 30.3 Å². The van der Waals surface area contributed by atoms with Crippen molar-refractivity contribution in [2.75, 3.05) is 24.9 Å². The van der Waals surface area contributed by atoms with Crippen molar-refractivity contribution in [2.24, 2.45) is 5.92 Å². The highest BCUT2D eigenvalue weighted by atomic mass is 16.5. The minimum absolute atomic E-state index is 0.0192. The van der Waals surface area contributed by atoms with Crippen molar-refractivity contribution in [1.29, 1.82) is 0 Å². The zero-order chi connectivity index (χ0) is 16.9. The Morgan fingerprint density at radius 1 is 1.08 bits per heavy atom. The van der Waals surface area contributed by atoms with E-state index >= 15 is 0 Å². The molecule has 7 nitrogen and oxygen atoms in total. The van der Waals surface area contributed by atoms with Crippen LogP contribution in [0, 0.1) is 5.92 Å². The zero-order valence-electron chi connectivity index (χ0n) is 13.7. The number of hydrogen-bond donors (Lipinski definition) is 2. The van der Waals surface area contributed by atoms with Gasteiger partial charge in [-0.3, -0.25) is 4.79 Å². The number of hydrogen-bond acceptors (Lipinski definition) is 6. The van der Waals surface area contributed by atoms with E-state index in [2.05, 4.69) is 20.8 Å². The monoisotopic (exact) mass is 328 g/mol. The van der Waals surface area contributed by atoms with Gasteiger partial charge in [-0.25, -0.2) is 0 Å². The number of benzene rings is 1. The van der Waals surface area contributed by atoms with Crippen molar-refractivity contribution in [1.82, 2.24) is 10.2 Å². The fourth-order valence-electron chi connectivity index (χ4n) is 2.41. The van der Waals surface area contributed by atoms with Gasteiger partial charge in [0.2, 0.25) is 5.91 Å². The van der Waals surface area contributed by atoms with Crippen LogP contribution in [0.5, 0.6) is 11.5 Å². The predicted molar refractivity (Wildman–Crippen MR) is 90.8 cm³/mol. The van der Waals surface area contributed by atoms with Crippen LogP contribution in [-0.2, 0) is 4.79 Å². The molecule has 1 aromatic carbocycles. The van der Waals surface area contributed by atoms with E-state index in [0.29, 0.717) is 23.1 Å². The molecule has 1 saturated carbocycles. The van der Waals surface area contributed by atoms with E-state index in [9.17, 15) is 4.79 Å². The van der Waals surface area contributed by atoms with Crippen LogP contribution in [0.3, 0.4) is 0 Å². The van der Waals surface area contributed by atoms with E-state index in [1.54, 1.807) is 26.4 Å². The van der Waals surface area contributed by atoms with Crippen molar-refractivity contribution in [3.8, 4) is 11.5 Å². The van der Waals surface area contributed by atoms with E-state index < -0.39 is 0 Å². The van der Waals surface area contributed by atoms with Crippen LogP contribution in [0.25, 0.3) is 0 Å². The molecular weight excluding hydrogens is 308 g/mol. The van der Waals surface area contributed by atoms with E-state index in [1.807, 2.05) is 18.2 Å². The molecule has 1 fully saturated rings. The van der Waals surface area contributed by atoms with Gasteiger partial charge in [-0.05, 0) is 37.1 Å². The molecule has 3 rings (SSSR count). The van der Waals surface area contributed by atoms with E-state index in [4.69, 9.17) is 9.47 Å². The normalized spacial score (nSPS) is 13.8. The topological polar surface area (TPSA) is 85.4 Å². The van der Waals surface area contributed by atoms with Crippen LogP contribution in [0.15, 0.2) is 30.3 Å². The summed E-state index contributed by atoms with van der Waals surface area (Å²) in [6.07, 6.45) is 3.03. The summed E-state index contributed by atoms with van der Waals surface area (Å²) in [5.74, 6) is 2.50. The van der Waals surface area contributed by atoms with Gasteiger partial charge in [0, 0.05) is 12.0 Å². The molecule has 0 bridgehead atoms. The number of carbonyl (C=O) groups is 1. The highest BCUT2D eigenvalue weighted by molar-refractivity contribution is 5.92. The third-order valence-corrected chi connectivity index (χ3v) is 4.06. The molecule has 2 aromatic rings. The number of nitrogens with zero attached hydrogens (tertiary/aromatic N) is 2. The average Bonchev–Trinajstić information content (AvgIpc) is 2.55. The van der Waals surface area contributed by atoms with Crippen molar-refractivity contribution >= 4 is 23.2 Å². The maximum Gasteiger partial charge on any atom is 0.228 e. The van der Waals surface area contributed by atoms with Gasteiger partial charge >= 0.3 is 0 Å². The van der Waals surface area contributed by atoms with Gasteiger partial charge in [-0.2, -0.15) is 0 Å². The Labute approximate surface area is 140 Å². The van der Waals surface area contributed by atoms with Gasteiger partial charge in [0.1, 0.15) is 11.5 Å². The smallest absolute Gasteiger partial charge is 0.228 e. The molecule has 1 heterocycles. The number of methoxy groups -OCH3 is 2. The number of carbonyl (C=O) groups excluding carboxylic acids is 1. The minimum Gasteiger partial charge on any atom is -0.497 e. The second-order valence-electron chi connectivity index (χ2n) is 5.61. The molecule has 0 radical (unpaired) electrons. The van der Waals surface area contributed by atoms with Crippen LogP contribution in [0.1, 0.15) is 19.3 Å². The summed E-state index contributed by atoms with van der Waals surface area (Å²) in [6, 6.07) is 8.91. The highest BCUT2D eigenvalue weighted by Crippen LogP contribution is 2.31. The summed E-state index contributed by atoms with van der Waals surface area (Å²) in [5, 5.41) is 14.0. The largest absolute Gasteiger partial charge is 0.497 e. The lowest BCUT2D eigenvalue weighted by molar-refractivity contribution is -0.122. The van der Waals surface area contributed by atoms with Crippen molar-refractivity contribution in [2.45, 2.75) is 19.3 Å². The Bertz CT molecular complexity index is 714. The Morgan fingerprint density at radius 3 is 2.42 bits per heavy atom. The molecule has 24 heavy (non-hydrogen) atoms. The number of ether oxygens (including phenoxy) is 2. The minimum atomic E-state index is 0.0192. The number of amides is 1. The molecule has 0 unspecified atom stereocenters. The van der Waals surface area contributed by atoms with Gasteiger partial charge in [0.05, 0.1) is 19.9 Å². The van der Waals surface area contributed by atoms with Crippen LogP contribution in [0.2, 0.25) is 0 Å². The summed E-state index contributed by atoms with van der Waals surface area (Å²) >= 11 is 0. The molecule has 1 aromatic heterocycles. The Morgan fingerprint density at radius 2 is 1.83 bits per heavy atom. The van der Waals surface area contributed by atoms with E-state index in [0.717, 1.165) is 24.9 Å². The number of anilines is 3. The first kappa shape index (κ1) is 16.0. The molecule has 1 amide bonds. The number of rotatable bonds is 6. The van der Waals surface area contributed by atoms with Gasteiger partial charge in [0.25, 0.3) is 0 Å². The quantitative estimate of drug-likeness (QED) is 0.848. The lowest BCUT2D eigenvalue weighted by Crippen LogP contribution is -2.28. The maximum atomic E-state index is 11.9. The third kappa shape index (κ3) is 3.56. The van der Waals surface area contributed by atoms with Gasteiger partial charge in [-0.1, -0.05) is 6.42 Å². The Balaban J connectivity index is 1.68. The number of aromatic nitrogens is 2. The third-order valence-electron chi connectivity index (χ3n) is 4.06. The highest BCUT2D eigenvalue weighted by Gasteiger charge is 2.25. The lowest BCUT2D eigenvalue weighted by Gasteiger charge is -2.23. The molecule has 2 N–H and O–H groups in total.